The maximum absolute atomic E-state index is 13.3. The van der Waals surface area contributed by atoms with Crippen molar-refractivity contribution < 1.29 is 18.6 Å². The van der Waals surface area contributed by atoms with Crippen LogP contribution in [-0.2, 0) is 6.61 Å². The van der Waals surface area contributed by atoms with Crippen molar-refractivity contribution in [3.05, 3.63) is 40.4 Å². The summed E-state index contributed by atoms with van der Waals surface area (Å²) < 4.78 is 31.6. The summed E-state index contributed by atoms with van der Waals surface area (Å²) in [6.45, 7) is 1.26. The van der Waals surface area contributed by atoms with Crippen LogP contribution in [-0.4, -0.2) is 11.7 Å². The standard InChI is InChI=1S/C11H11ClF2O2/c1-7(4-12)6-16-11-9(13)2-8(5-15)3-10(11)14/h2-4,15H,5-6H2,1H3. The van der Waals surface area contributed by atoms with E-state index in [9.17, 15) is 8.78 Å². The SMILES string of the molecule is CC(=CCl)COc1c(F)cc(CO)cc1F. The Balaban J connectivity index is 2.88. The van der Waals surface area contributed by atoms with Crippen LogP contribution in [0.5, 0.6) is 5.75 Å². The van der Waals surface area contributed by atoms with Gasteiger partial charge in [0, 0.05) is 5.54 Å². The Morgan fingerprint density at radius 1 is 1.44 bits per heavy atom. The summed E-state index contributed by atoms with van der Waals surface area (Å²) in [6, 6.07) is 2.05. The monoisotopic (exact) mass is 248 g/mol. The van der Waals surface area contributed by atoms with Gasteiger partial charge in [-0.3, -0.25) is 0 Å². The molecule has 1 N–H and O–H groups in total. The molecule has 0 atom stereocenters. The molecule has 0 saturated carbocycles. The molecule has 0 spiro atoms. The van der Waals surface area contributed by atoms with E-state index in [2.05, 4.69) is 0 Å². The zero-order chi connectivity index (χ0) is 12.1. The number of halogens is 3. The van der Waals surface area contributed by atoms with Crippen LogP contribution in [0.4, 0.5) is 8.78 Å². The number of aliphatic hydroxyl groups is 1. The zero-order valence-corrected chi connectivity index (χ0v) is 9.39. The summed E-state index contributed by atoms with van der Waals surface area (Å²) in [6.07, 6.45) is 0. The molecule has 0 saturated heterocycles. The van der Waals surface area contributed by atoms with E-state index >= 15 is 0 Å². The minimum absolute atomic E-state index is 0.00973. The average Bonchev–Trinajstić information content (AvgIpc) is 2.27. The molecule has 88 valence electrons. The highest BCUT2D eigenvalue weighted by atomic mass is 35.5. The molecule has 0 aliphatic rings. The topological polar surface area (TPSA) is 29.5 Å². The van der Waals surface area contributed by atoms with Crippen LogP contribution in [0, 0.1) is 11.6 Å². The van der Waals surface area contributed by atoms with Crippen LogP contribution in [0.25, 0.3) is 0 Å². The van der Waals surface area contributed by atoms with Gasteiger partial charge in [-0.1, -0.05) is 11.6 Å². The maximum atomic E-state index is 13.3. The lowest BCUT2D eigenvalue weighted by Crippen LogP contribution is -2.03. The van der Waals surface area contributed by atoms with Crippen molar-refractivity contribution in [2.24, 2.45) is 0 Å². The van der Waals surface area contributed by atoms with Crippen LogP contribution < -0.4 is 4.74 Å². The molecular formula is C11H11ClF2O2. The van der Waals surface area contributed by atoms with Gasteiger partial charge in [-0.25, -0.2) is 8.78 Å². The third kappa shape index (κ3) is 3.18. The first-order chi connectivity index (χ1) is 7.58. The predicted octanol–water partition coefficient (Wildman–Crippen LogP) is 2.98. The molecule has 5 heteroatoms. The molecule has 1 aromatic rings. The highest BCUT2D eigenvalue weighted by Gasteiger charge is 2.12. The third-order valence-corrected chi connectivity index (χ3v) is 2.24. The third-order valence-electron chi connectivity index (χ3n) is 1.87. The van der Waals surface area contributed by atoms with Crippen molar-refractivity contribution in [2.75, 3.05) is 6.61 Å². The van der Waals surface area contributed by atoms with Gasteiger partial charge < -0.3 is 9.84 Å². The molecule has 0 aliphatic heterocycles. The minimum atomic E-state index is -0.841. The molecule has 1 aromatic carbocycles. The number of aliphatic hydroxyl groups excluding tert-OH is 1. The van der Waals surface area contributed by atoms with Gasteiger partial charge in [-0.15, -0.1) is 0 Å². The Hall–Kier alpha value is -1.13. The Bertz CT molecular complexity index is 382. The van der Waals surface area contributed by atoms with E-state index in [1.807, 2.05) is 0 Å². The summed E-state index contributed by atoms with van der Waals surface area (Å²) in [7, 11) is 0. The number of ether oxygens (including phenoxy) is 1. The molecule has 16 heavy (non-hydrogen) atoms. The van der Waals surface area contributed by atoms with Crippen LogP contribution in [0.1, 0.15) is 12.5 Å². The lowest BCUT2D eigenvalue weighted by molar-refractivity contribution is 0.277. The Kier molecular flexibility index (Phi) is 4.71. The summed E-state index contributed by atoms with van der Waals surface area (Å²) in [5.41, 5.74) is 2.08. The molecule has 1 rings (SSSR count). The molecular weight excluding hydrogens is 238 g/mol. The zero-order valence-electron chi connectivity index (χ0n) is 8.64. The van der Waals surface area contributed by atoms with Crippen molar-refractivity contribution in [2.45, 2.75) is 13.5 Å². The van der Waals surface area contributed by atoms with Crippen LogP contribution >= 0.6 is 11.6 Å². The molecule has 2 nitrogen and oxygen atoms in total. The number of hydrogen-bond donors (Lipinski definition) is 1. The second kappa shape index (κ2) is 5.82. The van der Waals surface area contributed by atoms with Gasteiger partial charge in [0.05, 0.1) is 6.61 Å². The van der Waals surface area contributed by atoms with Crippen molar-refractivity contribution in [3.63, 3.8) is 0 Å². The first-order valence-corrected chi connectivity index (χ1v) is 4.99. The quantitative estimate of drug-likeness (QED) is 0.888. The summed E-state index contributed by atoms with van der Waals surface area (Å²) in [4.78, 5) is 0. The van der Waals surface area contributed by atoms with Gasteiger partial charge in [0.2, 0.25) is 0 Å². The van der Waals surface area contributed by atoms with Crippen LogP contribution in [0.3, 0.4) is 0 Å². The highest BCUT2D eigenvalue weighted by Crippen LogP contribution is 2.23. The van der Waals surface area contributed by atoms with E-state index in [4.69, 9.17) is 21.4 Å². The van der Waals surface area contributed by atoms with E-state index in [0.29, 0.717) is 5.57 Å². The average molecular weight is 249 g/mol. The van der Waals surface area contributed by atoms with E-state index in [0.717, 1.165) is 12.1 Å². The summed E-state index contributed by atoms with van der Waals surface area (Å²) in [5.74, 6) is -2.15. The molecule has 0 unspecified atom stereocenters. The van der Waals surface area contributed by atoms with Crippen molar-refractivity contribution >= 4 is 11.6 Å². The molecule has 0 fully saturated rings. The second-order valence-electron chi connectivity index (χ2n) is 3.29. The second-order valence-corrected chi connectivity index (χ2v) is 3.51. The fourth-order valence-electron chi connectivity index (χ4n) is 1.06. The van der Waals surface area contributed by atoms with E-state index < -0.39 is 24.0 Å². The smallest absolute Gasteiger partial charge is 0.191 e. The Morgan fingerprint density at radius 3 is 2.44 bits per heavy atom. The lowest BCUT2D eigenvalue weighted by atomic mass is 10.2. The first-order valence-electron chi connectivity index (χ1n) is 4.56. The minimum Gasteiger partial charge on any atom is -0.483 e. The van der Waals surface area contributed by atoms with Gasteiger partial charge in [0.25, 0.3) is 0 Å². The van der Waals surface area contributed by atoms with E-state index in [1.165, 1.54) is 5.54 Å². The molecule has 0 aliphatic carbocycles. The Morgan fingerprint density at radius 2 is 2.00 bits per heavy atom. The predicted molar refractivity (Wildman–Crippen MR) is 57.4 cm³/mol. The van der Waals surface area contributed by atoms with Gasteiger partial charge in [-0.05, 0) is 30.2 Å². The number of rotatable bonds is 4. The van der Waals surface area contributed by atoms with Crippen LogP contribution in [0.2, 0.25) is 0 Å². The van der Waals surface area contributed by atoms with Gasteiger partial charge in [0.15, 0.2) is 17.4 Å². The molecule has 0 bridgehead atoms. The van der Waals surface area contributed by atoms with E-state index in [-0.39, 0.29) is 12.2 Å². The number of benzene rings is 1. The fourth-order valence-corrected chi connectivity index (χ4v) is 1.12. The molecule has 0 heterocycles. The fraction of sp³-hybridized carbons (Fsp3) is 0.273. The Labute approximate surface area is 97.1 Å². The van der Waals surface area contributed by atoms with Gasteiger partial charge in [-0.2, -0.15) is 0 Å². The lowest BCUT2D eigenvalue weighted by Gasteiger charge is -2.09. The highest BCUT2D eigenvalue weighted by molar-refractivity contribution is 6.25. The van der Waals surface area contributed by atoms with Crippen molar-refractivity contribution in [3.8, 4) is 5.75 Å². The van der Waals surface area contributed by atoms with Crippen molar-refractivity contribution in [1.29, 1.82) is 0 Å². The van der Waals surface area contributed by atoms with Gasteiger partial charge in [0.1, 0.15) is 6.61 Å². The molecule has 0 radical (unpaired) electrons. The largest absolute Gasteiger partial charge is 0.483 e. The van der Waals surface area contributed by atoms with Gasteiger partial charge >= 0.3 is 0 Å². The normalized spacial score (nSPS) is 11.7. The van der Waals surface area contributed by atoms with Crippen molar-refractivity contribution in [1.82, 2.24) is 0 Å². The molecule has 0 amide bonds. The van der Waals surface area contributed by atoms with Crippen LogP contribution in [0.15, 0.2) is 23.2 Å². The summed E-state index contributed by atoms with van der Waals surface area (Å²) >= 11 is 5.38. The number of hydrogen-bond acceptors (Lipinski definition) is 2. The summed E-state index contributed by atoms with van der Waals surface area (Å²) in [5, 5.41) is 8.73. The maximum Gasteiger partial charge on any atom is 0.191 e. The van der Waals surface area contributed by atoms with E-state index in [1.54, 1.807) is 6.92 Å². The first kappa shape index (κ1) is 12.9. The molecule has 0 aromatic heterocycles.